The van der Waals surface area contributed by atoms with Crippen molar-refractivity contribution in [3.05, 3.63) is 33.7 Å². The van der Waals surface area contributed by atoms with Gasteiger partial charge in [-0.3, -0.25) is 4.79 Å². The lowest BCUT2D eigenvalue weighted by molar-refractivity contribution is 0.0478. The zero-order valence-corrected chi connectivity index (χ0v) is 9.61. The molecule has 6 nitrogen and oxygen atoms in total. The van der Waals surface area contributed by atoms with Gasteiger partial charge in [0.1, 0.15) is 0 Å². The highest BCUT2D eigenvalue weighted by Crippen LogP contribution is 2.08. The Morgan fingerprint density at radius 2 is 1.65 bits per heavy atom. The number of H-pyrrole nitrogens is 1. The molecule has 0 bridgehead atoms. The fourth-order valence-corrected chi connectivity index (χ4v) is 1.23. The standard InChI is InChI=1S/C11H13NO5/c1-3-16-10(14)7-5-9(13)12-6-8(7)11(15)17-4-2/h5-6H,3-4H2,1-2H3,(H,12,13). The molecule has 0 aliphatic rings. The molecular weight excluding hydrogens is 226 g/mol. The normalized spacial score (nSPS) is 9.76. The number of hydrogen-bond acceptors (Lipinski definition) is 5. The third kappa shape index (κ3) is 3.17. The van der Waals surface area contributed by atoms with Gasteiger partial charge >= 0.3 is 11.9 Å². The number of pyridine rings is 1. The van der Waals surface area contributed by atoms with Crippen molar-refractivity contribution in [3.63, 3.8) is 0 Å². The molecule has 0 fully saturated rings. The second-order valence-corrected chi connectivity index (χ2v) is 3.07. The number of nitrogens with one attached hydrogen (secondary N) is 1. The minimum absolute atomic E-state index is 0.00935. The van der Waals surface area contributed by atoms with Crippen LogP contribution in [0.3, 0.4) is 0 Å². The zero-order valence-electron chi connectivity index (χ0n) is 9.61. The number of ether oxygens (including phenoxy) is 2. The molecule has 0 amide bonds. The first-order valence-corrected chi connectivity index (χ1v) is 5.17. The van der Waals surface area contributed by atoms with E-state index < -0.39 is 17.5 Å². The van der Waals surface area contributed by atoms with Gasteiger partial charge in [-0.05, 0) is 13.8 Å². The van der Waals surface area contributed by atoms with E-state index in [2.05, 4.69) is 4.98 Å². The molecule has 0 unspecified atom stereocenters. The Balaban J connectivity index is 3.16. The Morgan fingerprint density at radius 1 is 1.12 bits per heavy atom. The van der Waals surface area contributed by atoms with E-state index in [9.17, 15) is 14.4 Å². The molecule has 0 saturated heterocycles. The lowest BCUT2D eigenvalue weighted by Gasteiger charge is -2.07. The van der Waals surface area contributed by atoms with Crippen LogP contribution in [0, 0.1) is 0 Å². The Morgan fingerprint density at radius 3 is 2.18 bits per heavy atom. The molecule has 0 aliphatic carbocycles. The van der Waals surface area contributed by atoms with Crippen molar-refractivity contribution >= 4 is 11.9 Å². The molecule has 0 radical (unpaired) electrons. The van der Waals surface area contributed by atoms with Gasteiger partial charge in [-0.1, -0.05) is 0 Å². The highest BCUT2D eigenvalue weighted by molar-refractivity contribution is 6.02. The number of hydrogen-bond donors (Lipinski definition) is 1. The van der Waals surface area contributed by atoms with E-state index in [4.69, 9.17) is 9.47 Å². The maximum Gasteiger partial charge on any atom is 0.340 e. The van der Waals surface area contributed by atoms with Gasteiger partial charge in [0.15, 0.2) is 0 Å². The average molecular weight is 239 g/mol. The monoisotopic (exact) mass is 239 g/mol. The Hall–Kier alpha value is -2.11. The number of carbonyl (C=O) groups is 2. The number of aromatic amines is 1. The first kappa shape index (κ1) is 13.0. The van der Waals surface area contributed by atoms with Gasteiger partial charge in [0, 0.05) is 12.3 Å². The predicted molar refractivity (Wildman–Crippen MR) is 59.0 cm³/mol. The van der Waals surface area contributed by atoms with Crippen LogP contribution < -0.4 is 5.56 Å². The van der Waals surface area contributed by atoms with E-state index in [0.717, 1.165) is 12.3 Å². The van der Waals surface area contributed by atoms with Gasteiger partial charge in [-0.15, -0.1) is 0 Å². The summed E-state index contributed by atoms with van der Waals surface area (Å²) in [6.45, 7) is 3.62. The van der Waals surface area contributed by atoms with Crippen LogP contribution in [0.4, 0.5) is 0 Å². The van der Waals surface area contributed by atoms with Gasteiger partial charge in [0.2, 0.25) is 5.56 Å². The van der Waals surface area contributed by atoms with Gasteiger partial charge in [-0.25, -0.2) is 9.59 Å². The molecule has 0 aromatic carbocycles. The average Bonchev–Trinajstić information content (AvgIpc) is 2.29. The molecule has 92 valence electrons. The fraction of sp³-hybridized carbons (Fsp3) is 0.364. The lowest BCUT2D eigenvalue weighted by Crippen LogP contribution is -2.19. The summed E-state index contributed by atoms with van der Waals surface area (Å²) in [5, 5.41) is 0. The summed E-state index contributed by atoms with van der Waals surface area (Å²) in [7, 11) is 0. The molecule has 6 heteroatoms. The number of rotatable bonds is 4. The van der Waals surface area contributed by atoms with E-state index in [1.54, 1.807) is 13.8 Å². The molecule has 0 saturated carbocycles. The summed E-state index contributed by atoms with van der Waals surface area (Å²) >= 11 is 0. The summed E-state index contributed by atoms with van der Waals surface area (Å²) in [5.41, 5.74) is -0.583. The summed E-state index contributed by atoms with van der Waals surface area (Å²) < 4.78 is 9.52. The first-order chi connectivity index (χ1) is 8.10. The summed E-state index contributed by atoms with van der Waals surface area (Å²) in [5.74, 6) is -1.39. The van der Waals surface area contributed by atoms with Crippen molar-refractivity contribution in [3.8, 4) is 0 Å². The van der Waals surface area contributed by atoms with Gasteiger partial charge in [0.05, 0.1) is 24.3 Å². The predicted octanol–water partition coefficient (Wildman–Crippen LogP) is 0.728. The zero-order chi connectivity index (χ0) is 12.8. The molecule has 0 spiro atoms. The van der Waals surface area contributed by atoms with E-state index >= 15 is 0 Å². The van der Waals surface area contributed by atoms with E-state index in [-0.39, 0.29) is 24.3 Å². The van der Waals surface area contributed by atoms with Gasteiger partial charge in [0.25, 0.3) is 0 Å². The number of esters is 2. The summed E-state index contributed by atoms with van der Waals surface area (Å²) in [6.07, 6.45) is 1.15. The number of aromatic nitrogens is 1. The van der Waals surface area contributed by atoms with Crippen LogP contribution in [0.15, 0.2) is 17.1 Å². The Bertz CT molecular complexity index is 477. The first-order valence-electron chi connectivity index (χ1n) is 5.17. The molecule has 1 rings (SSSR count). The van der Waals surface area contributed by atoms with Crippen LogP contribution in [0.25, 0.3) is 0 Å². The smallest absolute Gasteiger partial charge is 0.340 e. The van der Waals surface area contributed by atoms with Crippen LogP contribution in [0.2, 0.25) is 0 Å². The van der Waals surface area contributed by atoms with Crippen LogP contribution >= 0.6 is 0 Å². The van der Waals surface area contributed by atoms with Crippen molar-refractivity contribution in [1.82, 2.24) is 4.98 Å². The summed E-state index contributed by atoms with van der Waals surface area (Å²) in [6, 6.07) is 1.02. The minimum Gasteiger partial charge on any atom is -0.462 e. The SMILES string of the molecule is CCOC(=O)c1c[nH]c(=O)cc1C(=O)OCC. The Kier molecular flexibility index (Phi) is 4.45. The fourth-order valence-electron chi connectivity index (χ4n) is 1.23. The second-order valence-electron chi connectivity index (χ2n) is 3.07. The third-order valence-electron chi connectivity index (χ3n) is 1.92. The lowest BCUT2D eigenvalue weighted by atomic mass is 10.1. The van der Waals surface area contributed by atoms with Crippen LogP contribution in [-0.4, -0.2) is 30.1 Å². The second kappa shape index (κ2) is 5.83. The molecule has 0 atom stereocenters. The van der Waals surface area contributed by atoms with E-state index in [1.165, 1.54) is 0 Å². The molecule has 1 heterocycles. The largest absolute Gasteiger partial charge is 0.462 e. The maximum absolute atomic E-state index is 11.5. The van der Waals surface area contributed by atoms with E-state index in [1.807, 2.05) is 0 Å². The molecule has 1 aromatic rings. The van der Waals surface area contributed by atoms with Crippen molar-refractivity contribution in [1.29, 1.82) is 0 Å². The van der Waals surface area contributed by atoms with Gasteiger partial charge in [-0.2, -0.15) is 0 Å². The van der Waals surface area contributed by atoms with Crippen molar-refractivity contribution in [2.24, 2.45) is 0 Å². The highest BCUT2D eigenvalue weighted by atomic mass is 16.5. The van der Waals surface area contributed by atoms with Crippen molar-refractivity contribution in [2.45, 2.75) is 13.8 Å². The molecule has 0 aliphatic heterocycles. The van der Waals surface area contributed by atoms with Crippen LogP contribution in [0.1, 0.15) is 34.6 Å². The van der Waals surface area contributed by atoms with Gasteiger partial charge < -0.3 is 14.5 Å². The van der Waals surface area contributed by atoms with Crippen molar-refractivity contribution in [2.75, 3.05) is 13.2 Å². The topological polar surface area (TPSA) is 85.5 Å². The van der Waals surface area contributed by atoms with E-state index in [0.29, 0.717) is 0 Å². The third-order valence-corrected chi connectivity index (χ3v) is 1.92. The van der Waals surface area contributed by atoms with Crippen LogP contribution in [0.5, 0.6) is 0 Å². The highest BCUT2D eigenvalue weighted by Gasteiger charge is 2.19. The van der Waals surface area contributed by atoms with Crippen LogP contribution in [-0.2, 0) is 9.47 Å². The molecule has 17 heavy (non-hydrogen) atoms. The summed E-state index contributed by atoms with van der Waals surface area (Å²) in [4.78, 5) is 36.5. The minimum atomic E-state index is -0.721. The quantitative estimate of drug-likeness (QED) is 0.783. The molecular formula is C11H13NO5. The maximum atomic E-state index is 11.5. The molecule has 1 aromatic heterocycles. The number of carbonyl (C=O) groups excluding carboxylic acids is 2. The molecule has 1 N–H and O–H groups in total. The van der Waals surface area contributed by atoms with Crippen molar-refractivity contribution < 1.29 is 19.1 Å². The Labute approximate surface area is 97.6 Å².